The second-order valence-corrected chi connectivity index (χ2v) is 4.74. The topological polar surface area (TPSA) is 0 Å². The monoisotopic (exact) mass is 274 g/mol. The lowest BCUT2D eigenvalue weighted by Gasteiger charge is -2.14. The normalized spacial score (nSPS) is 12.4. The van der Waals surface area contributed by atoms with Crippen molar-refractivity contribution in [3.63, 3.8) is 0 Å². The molecule has 0 aliphatic carbocycles. The van der Waals surface area contributed by atoms with Crippen molar-refractivity contribution in [2.45, 2.75) is 18.2 Å². The predicted octanol–water partition coefficient (Wildman–Crippen LogP) is 4.73. The fourth-order valence-corrected chi connectivity index (χ4v) is 2.66. The highest BCUT2D eigenvalue weighted by Crippen LogP contribution is 2.32. The molecular formula is C15H15Br. The molecule has 0 amide bonds. The van der Waals surface area contributed by atoms with Gasteiger partial charge in [-0.15, -0.1) is 0 Å². The van der Waals surface area contributed by atoms with Crippen LogP contribution in [0.2, 0.25) is 0 Å². The highest BCUT2D eigenvalue weighted by atomic mass is 79.9. The molecule has 1 unspecified atom stereocenters. The molecule has 0 bridgehead atoms. The molecule has 0 aliphatic rings. The first-order valence-electron chi connectivity index (χ1n) is 5.59. The Morgan fingerprint density at radius 1 is 0.938 bits per heavy atom. The van der Waals surface area contributed by atoms with E-state index in [1.54, 1.807) is 0 Å². The molecule has 0 radical (unpaired) electrons. The lowest BCUT2D eigenvalue weighted by molar-refractivity contribution is 1.06. The molecule has 2 aromatic carbocycles. The highest BCUT2D eigenvalue weighted by molar-refractivity contribution is 9.09. The SMILES string of the molecule is CCc1ccccc1C(Br)c1ccccc1. The Labute approximate surface area is 105 Å². The lowest BCUT2D eigenvalue weighted by atomic mass is 9.98. The van der Waals surface area contributed by atoms with E-state index < -0.39 is 0 Å². The summed E-state index contributed by atoms with van der Waals surface area (Å²) in [6.45, 7) is 2.20. The molecule has 0 spiro atoms. The van der Waals surface area contributed by atoms with Gasteiger partial charge >= 0.3 is 0 Å². The van der Waals surface area contributed by atoms with Gasteiger partial charge in [0.1, 0.15) is 0 Å². The van der Waals surface area contributed by atoms with Crippen LogP contribution in [0.5, 0.6) is 0 Å². The molecule has 0 nitrogen and oxygen atoms in total. The minimum Gasteiger partial charge on any atom is -0.0786 e. The highest BCUT2D eigenvalue weighted by Gasteiger charge is 2.12. The maximum absolute atomic E-state index is 3.79. The van der Waals surface area contributed by atoms with Gasteiger partial charge in [-0.25, -0.2) is 0 Å². The summed E-state index contributed by atoms with van der Waals surface area (Å²) < 4.78 is 0. The van der Waals surface area contributed by atoms with Gasteiger partial charge in [0.05, 0.1) is 4.83 Å². The molecular weight excluding hydrogens is 260 g/mol. The largest absolute Gasteiger partial charge is 0.0786 e. The Morgan fingerprint density at radius 3 is 2.25 bits per heavy atom. The third-order valence-corrected chi connectivity index (χ3v) is 3.82. The molecule has 2 aromatic rings. The lowest BCUT2D eigenvalue weighted by Crippen LogP contribution is -1.97. The smallest absolute Gasteiger partial charge is 0.0647 e. The standard InChI is InChI=1S/C15H15Br/c1-2-12-8-6-7-11-14(12)15(16)13-9-4-3-5-10-13/h3-11,15H,2H2,1H3. The second kappa shape index (κ2) is 5.31. The summed E-state index contributed by atoms with van der Waals surface area (Å²) in [6, 6.07) is 19.1. The van der Waals surface area contributed by atoms with Crippen molar-refractivity contribution in [3.8, 4) is 0 Å². The van der Waals surface area contributed by atoms with E-state index in [2.05, 4.69) is 77.5 Å². The predicted molar refractivity (Wildman–Crippen MR) is 73.0 cm³/mol. The van der Waals surface area contributed by atoms with Crippen LogP contribution < -0.4 is 0 Å². The zero-order valence-corrected chi connectivity index (χ0v) is 10.9. The van der Waals surface area contributed by atoms with Gasteiger partial charge in [-0.2, -0.15) is 0 Å². The van der Waals surface area contributed by atoms with Crippen molar-refractivity contribution in [2.75, 3.05) is 0 Å². The van der Waals surface area contributed by atoms with Gasteiger partial charge in [-0.05, 0) is 23.1 Å². The average Bonchev–Trinajstić information content (AvgIpc) is 2.39. The molecule has 0 heterocycles. The van der Waals surface area contributed by atoms with Crippen LogP contribution >= 0.6 is 15.9 Å². The fourth-order valence-electron chi connectivity index (χ4n) is 1.90. The minimum atomic E-state index is 0.296. The number of halogens is 1. The van der Waals surface area contributed by atoms with Crippen LogP contribution in [0.4, 0.5) is 0 Å². The number of benzene rings is 2. The summed E-state index contributed by atoms with van der Waals surface area (Å²) >= 11 is 3.79. The maximum atomic E-state index is 3.79. The summed E-state index contributed by atoms with van der Waals surface area (Å²) in [6.07, 6.45) is 1.07. The number of rotatable bonds is 3. The van der Waals surface area contributed by atoms with Crippen LogP contribution in [0, 0.1) is 0 Å². The third-order valence-electron chi connectivity index (χ3n) is 2.80. The van der Waals surface area contributed by atoms with E-state index in [1.807, 2.05) is 0 Å². The van der Waals surface area contributed by atoms with Crippen molar-refractivity contribution >= 4 is 15.9 Å². The maximum Gasteiger partial charge on any atom is 0.0647 e. The first-order chi connectivity index (χ1) is 7.83. The quantitative estimate of drug-likeness (QED) is 0.710. The Hall–Kier alpha value is -1.08. The van der Waals surface area contributed by atoms with Gasteiger partial charge in [0, 0.05) is 0 Å². The summed E-state index contributed by atoms with van der Waals surface area (Å²) in [7, 11) is 0. The third kappa shape index (κ3) is 2.35. The second-order valence-electron chi connectivity index (χ2n) is 3.83. The Balaban J connectivity index is 2.37. The fraction of sp³-hybridized carbons (Fsp3) is 0.200. The number of alkyl halides is 1. The Morgan fingerprint density at radius 2 is 1.56 bits per heavy atom. The molecule has 0 N–H and O–H groups in total. The van der Waals surface area contributed by atoms with E-state index in [0.717, 1.165) is 6.42 Å². The number of aryl methyl sites for hydroxylation is 1. The van der Waals surface area contributed by atoms with Gasteiger partial charge in [-0.3, -0.25) is 0 Å². The van der Waals surface area contributed by atoms with Gasteiger partial charge in [0.25, 0.3) is 0 Å². The molecule has 1 atom stereocenters. The summed E-state index contributed by atoms with van der Waals surface area (Å²) in [4.78, 5) is 0.296. The molecule has 0 saturated carbocycles. The number of hydrogen-bond acceptors (Lipinski definition) is 0. The first kappa shape index (κ1) is 11.4. The Kier molecular flexibility index (Phi) is 3.79. The van der Waals surface area contributed by atoms with Crippen LogP contribution in [-0.4, -0.2) is 0 Å². The van der Waals surface area contributed by atoms with Crippen LogP contribution in [0.1, 0.15) is 28.4 Å². The van der Waals surface area contributed by atoms with Crippen LogP contribution in [0.25, 0.3) is 0 Å². The van der Waals surface area contributed by atoms with Gasteiger partial charge < -0.3 is 0 Å². The Bertz CT molecular complexity index is 448. The van der Waals surface area contributed by atoms with E-state index in [1.165, 1.54) is 16.7 Å². The molecule has 82 valence electrons. The molecule has 2 rings (SSSR count). The summed E-state index contributed by atoms with van der Waals surface area (Å²) in [5, 5.41) is 0. The van der Waals surface area contributed by atoms with E-state index in [4.69, 9.17) is 0 Å². The first-order valence-corrected chi connectivity index (χ1v) is 6.51. The minimum absolute atomic E-state index is 0.296. The van der Waals surface area contributed by atoms with Crippen molar-refractivity contribution < 1.29 is 0 Å². The van der Waals surface area contributed by atoms with Gasteiger partial charge in [0.15, 0.2) is 0 Å². The molecule has 0 fully saturated rings. The molecule has 0 saturated heterocycles. The molecule has 1 heteroatoms. The van der Waals surface area contributed by atoms with Crippen LogP contribution in [0.3, 0.4) is 0 Å². The van der Waals surface area contributed by atoms with Crippen LogP contribution in [0.15, 0.2) is 54.6 Å². The molecule has 16 heavy (non-hydrogen) atoms. The van der Waals surface area contributed by atoms with Crippen molar-refractivity contribution in [1.82, 2.24) is 0 Å². The van der Waals surface area contributed by atoms with E-state index in [0.29, 0.717) is 4.83 Å². The average molecular weight is 275 g/mol. The van der Waals surface area contributed by atoms with Crippen molar-refractivity contribution in [3.05, 3.63) is 71.3 Å². The van der Waals surface area contributed by atoms with Gasteiger partial charge in [0.2, 0.25) is 0 Å². The summed E-state index contributed by atoms with van der Waals surface area (Å²) in [5.41, 5.74) is 4.09. The zero-order valence-electron chi connectivity index (χ0n) is 9.36. The molecule has 0 aliphatic heterocycles. The van der Waals surface area contributed by atoms with E-state index in [9.17, 15) is 0 Å². The van der Waals surface area contributed by atoms with E-state index in [-0.39, 0.29) is 0 Å². The molecule has 0 aromatic heterocycles. The number of hydrogen-bond donors (Lipinski definition) is 0. The van der Waals surface area contributed by atoms with Crippen molar-refractivity contribution in [2.24, 2.45) is 0 Å². The van der Waals surface area contributed by atoms with E-state index >= 15 is 0 Å². The zero-order chi connectivity index (χ0) is 11.4. The van der Waals surface area contributed by atoms with Crippen molar-refractivity contribution in [1.29, 1.82) is 0 Å². The van der Waals surface area contributed by atoms with Gasteiger partial charge in [-0.1, -0.05) is 77.5 Å². The summed E-state index contributed by atoms with van der Waals surface area (Å²) in [5.74, 6) is 0. The van der Waals surface area contributed by atoms with Crippen LogP contribution in [-0.2, 0) is 6.42 Å².